The number of guanidine groups is 1. The topological polar surface area (TPSA) is 63.5 Å². The maximum Gasteiger partial charge on any atom is 0.191 e. The third-order valence-corrected chi connectivity index (χ3v) is 4.26. The summed E-state index contributed by atoms with van der Waals surface area (Å²) in [6.45, 7) is 1.25. The molecular weight excluding hydrogens is 357 g/mol. The lowest BCUT2D eigenvalue weighted by Gasteiger charge is -2.11. The van der Waals surface area contributed by atoms with Crippen LogP contribution in [0.5, 0.6) is 5.75 Å². The number of aromatic nitrogens is 2. The van der Waals surface area contributed by atoms with Crippen LogP contribution in [0.15, 0.2) is 65.8 Å². The van der Waals surface area contributed by atoms with Gasteiger partial charge in [-0.1, -0.05) is 12.1 Å². The van der Waals surface area contributed by atoms with Crippen LogP contribution in [-0.4, -0.2) is 36.4 Å². The zero-order valence-corrected chi connectivity index (χ0v) is 16.0. The fourth-order valence-electron chi connectivity index (χ4n) is 2.71. The highest BCUT2D eigenvalue weighted by atomic mass is 19.1. The molecule has 0 aliphatic carbocycles. The van der Waals surface area contributed by atoms with E-state index in [1.54, 1.807) is 26.3 Å². The summed E-state index contributed by atoms with van der Waals surface area (Å²) >= 11 is 0. The molecule has 0 aliphatic heterocycles. The van der Waals surface area contributed by atoms with Gasteiger partial charge in [0, 0.05) is 19.8 Å². The predicted molar refractivity (Wildman–Crippen MR) is 108 cm³/mol. The minimum atomic E-state index is -0.219. The highest BCUT2D eigenvalue weighted by Gasteiger charge is 2.04. The maximum absolute atomic E-state index is 12.9. The van der Waals surface area contributed by atoms with Crippen molar-refractivity contribution in [2.75, 3.05) is 20.7 Å². The molecule has 1 heterocycles. The van der Waals surface area contributed by atoms with Gasteiger partial charge in [0.2, 0.25) is 0 Å². The number of nitrogens with zero attached hydrogens (tertiary/aromatic N) is 3. The van der Waals surface area contributed by atoms with Crippen LogP contribution in [0.1, 0.15) is 11.3 Å². The molecule has 28 heavy (non-hydrogen) atoms. The zero-order chi connectivity index (χ0) is 19.8. The number of rotatable bonds is 7. The fourth-order valence-corrected chi connectivity index (χ4v) is 2.71. The highest BCUT2D eigenvalue weighted by Crippen LogP contribution is 2.14. The van der Waals surface area contributed by atoms with Crippen molar-refractivity contribution in [1.29, 1.82) is 0 Å². The van der Waals surface area contributed by atoms with Crippen molar-refractivity contribution >= 4 is 5.96 Å². The standard InChI is InChI=1S/C21H24FN5O/c1-23-21(24-13-11-16-3-5-17(22)6-4-16)25-15-18-12-14-27(26-18)19-7-9-20(28-2)10-8-19/h3-10,12,14H,11,13,15H2,1-2H3,(H2,23,24,25). The van der Waals surface area contributed by atoms with Gasteiger partial charge < -0.3 is 15.4 Å². The number of nitrogens with one attached hydrogen (secondary N) is 2. The van der Waals surface area contributed by atoms with Crippen LogP contribution in [-0.2, 0) is 13.0 Å². The summed E-state index contributed by atoms with van der Waals surface area (Å²) in [6.07, 6.45) is 2.70. The summed E-state index contributed by atoms with van der Waals surface area (Å²) < 4.78 is 19.9. The second kappa shape index (κ2) is 9.55. The lowest BCUT2D eigenvalue weighted by molar-refractivity contribution is 0.414. The molecule has 0 saturated carbocycles. The van der Waals surface area contributed by atoms with Crippen molar-refractivity contribution in [3.05, 3.63) is 77.9 Å². The molecule has 0 saturated heterocycles. The third-order valence-electron chi connectivity index (χ3n) is 4.26. The van der Waals surface area contributed by atoms with Gasteiger partial charge in [0.15, 0.2) is 5.96 Å². The average molecular weight is 381 g/mol. The molecule has 2 N–H and O–H groups in total. The van der Waals surface area contributed by atoms with Crippen molar-refractivity contribution in [2.45, 2.75) is 13.0 Å². The molecule has 0 fully saturated rings. The molecule has 7 heteroatoms. The van der Waals surface area contributed by atoms with E-state index in [1.807, 2.05) is 41.2 Å². The second-order valence-corrected chi connectivity index (χ2v) is 6.18. The van der Waals surface area contributed by atoms with E-state index in [2.05, 4.69) is 20.7 Å². The van der Waals surface area contributed by atoms with Gasteiger partial charge in [0.25, 0.3) is 0 Å². The van der Waals surface area contributed by atoms with Gasteiger partial charge in [-0.05, 0) is 54.4 Å². The first kappa shape index (κ1) is 19.4. The number of aliphatic imine (C=N–C) groups is 1. The molecule has 6 nitrogen and oxygen atoms in total. The lowest BCUT2D eigenvalue weighted by Crippen LogP contribution is -2.38. The molecule has 1 aromatic heterocycles. The molecule has 0 spiro atoms. The van der Waals surface area contributed by atoms with E-state index in [0.29, 0.717) is 19.0 Å². The molecule has 0 amide bonds. The number of methoxy groups -OCH3 is 1. The molecule has 146 valence electrons. The normalized spacial score (nSPS) is 11.3. The fraction of sp³-hybridized carbons (Fsp3) is 0.238. The largest absolute Gasteiger partial charge is 0.497 e. The van der Waals surface area contributed by atoms with E-state index in [-0.39, 0.29) is 5.82 Å². The minimum Gasteiger partial charge on any atom is -0.497 e. The van der Waals surface area contributed by atoms with Crippen molar-refractivity contribution in [1.82, 2.24) is 20.4 Å². The van der Waals surface area contributed by atoms with Crippen LogP contribution in [0.3, 0.4) is 0 Å². The van der Waals surface area contributed by atoms with Crippen LogP contribution >= 0.6 is 0 Å². The number of hydrogen-bond acceptors (Lipinski definition) is 3. The molecular formula is C21H24FN5O. The molecule has 0 atom stereocenters. The average Bonchev–Trinajstić information content (AvgIpc) is 3.21. The van der Waals surface area contributed by atoms with Gasteiger partial charge in [0.05, 0.1) is 25.0 Å². The SMILES string of the molecule is CN=C(NCCc1ccc(F)cc1)NCc1ccn(-c2ccc(OC)cc2)n1. The Morgan fingerprint density at radius 2 is 1.82 bits per heavy atom. The van der Waals surface area contributed by atoms with Gasteiger partial charge >= 0.3 is 0 Å². The molecule has 0 aliphatic rings. The maximum atomic E-state index is 12.9. The Hall–Kier alpha value is -3.35. The van der Waals surface area contributed by atoms with Crippen molar-refractivity contribution in [3.8, 4) is 11.4 Å². The van der Waals surface area contributed by atoms with Crippen LogP contribution in [0.4, 0.5) is 4.39 Å². The predicted octanol–water partition coefficient (Wildman–Crippen LogP) is 2.93. The number of hydrogen-bond donors (Lipinski definition) is 2. The monoisotopic (exact) mass is 381 g/mol. The van der Waals surface area contributed by atoms with E-state index in [1.165, 1.54) is 12.1 Å². The highest BCUT2D eigenvalue weighted by molar-refractivity contribution is 5.79. The Balaban J connectivity index is 1.48. The summed E-state index contributed by atoms with van der Waals surface area (Å²) in [6, 6.07) is 16.2. The van der Waals surface area contributed by atoms with Crippen molar-refractivity contribution < 1.29 is 9.13 Å². The molecule has 3 rings (SSSR count). The van der Waals surface area contributed by atoms with Crippen LogP contribution in [0.25, 0.3) is 5.69 Å². The van der Waals surface area contributed by atoms with Crippen LogP contribution in [0, 0.1) is 5.82 Å². The van der Waals surface area contributed by atoms with E-state index in [0.717, 1.165) is 29.1 Å². The summed E-state index contributed by atoms with van der Waals surface area (Å²) in [5.74, 6) is 1.29. The first-order valence-electron chi connectivity index (χ1n) is 9.06. The first-order chi connectivity index (χ1) is 13.7. The summed E-state index contributed by atoms with van der Waals surface area (Å²) in [4.78, 5) is 4.22. The molecule has 2 aromatic carbocycles. The summed E-state index contributed by atoms with van der Waals surface area (Å²) in [5, 5.41) is 11.1. The van der Waals surface area contributed by atoms with Gasteiger partial charge in [0.1, 0.15) is 11.6 Å². The molecule has 0 unspecified atom stereocenters. The Bertz CT molecular complexity index is 903. The minimum absolute atomic E-state index is 0.219. The second-order valence-electron chi connectivity index (χ2n) is 6.18. The van der Waals surface area contributed by atoms with Crippen LogP contribution in [0.2, 0.25) is 0 Å². The van der Waals surface area contributed by atoms with Gasteiger partial charge in [-0.3, -0.25) is 4.99 Å². The van der Waals surface area contributed by atoms with Crippen molar-refractivity contribution in [2.24, 2.45) is 4.99 Å². The van der Waals surface area contributed by atoms with E-state index < -0.39 is 0 Å². The third kappa shape index (κ3) is 5.33. The summed E-state index contributed by atoms with van der Waals surface area (Å²) in [5.41, 5.74) is 2.94. The van der Waals surface area contributed by atoms with Gasteiger partial charge in [-0.2, -0.15) is 5.10 Å². The number of halogens is 1. The zero-order valence-electron chi connectivity index (χ0n) is 16.0. The van der Waals surface area contributed by atoms with Crippen LogP contribution < -0.4 is 15.4 Å². The lowest BCUT2D eigenvalue weighted by atomic mass is 10.1. The molecule has 3 aromatic rings. The first-order valence-corrected chi connectivity index (χ1v) is 9.06. The Labute approximate surface area is 164 Å². The van der Waals surface area contributed by atoms with E-state index in [4.69, 9.17) is 4.74 Å². The van der Waals surface area contributed by atoms with Gasteiger partial charge in [-0.25, -0.2) is 9.07 Å². The Morgan fingerprint density at radius 1 is 1.07 bits per heavy atom. The smallest absolute Gasteiger partial charge is 0.191 e. The number of benzene rings is 2. The Morgan fingerprint density at radius 3 is 2.50 bits per heavy atom. The summed E-state index contributed by atoms with van der Waals surface area (Å²) in [7, 11) is 3.37. The Kier molecular flexibility index (Phi) is 6.62. The molecule has 0 radical (unpaired) electrons. The van der Waals surface area contributed by atoms with E-state index >= 15 is 0 Å². The molecule has 0 bridgehead atoms. The quantitative estimate of drug-likeness (QED) is 0.488. The van der Waals surface area contributed by atoms with Gasteiger partial charge in [-0.15, -0.1) is 0 Å². The van der Waals surface area contributed by atoms with Crippen molar-refractivity contribution in [3.63, 3.8) is 0 Å². The van der Waals surface area contributed by atoms with E-state index in [9.17, 15) is 4.39 Å². The number of ether oxygens (including phenoxy) is 1.